The predicted molar refractivity (Wildman–Crippen MR) is 119 cm³/mol. The van der Waals surface area contributed by atoms with Crippen LogP contribution in [0.3, 0.4) is 0 Å². The van der Waals surface area contributed by atoms with Crippen LogP contribution in [0, 0.1) is 13.8 Å². The molecular formula is C20H27ClN6S. The van der Waals surface area contributed by atoms with Gasteiger partial charge in [0.25, 0.3) is 0 Å². The van der Waals surface area contributed by atoms with Gasteiger partial charge in [-0.15, -0.1) is 0 Å². The van der Waals surface area contributed by atoms with Crippen LogP contribution in [0.15, 0.2) is 27.0 Å². The molecule has 2 aromatic rings. The Bertz CT molecular complexity index is 902. The maximum Gasteiger partial charge on any atom is 0.143 e. The summed E-state index contributed by atoms with van der Waals surface area (Å²) in [5.41, 5.74) is 15.2. The lowest BCUT2D eigenvalue weighted by molar-refractivity contribution is 0.363. The van der Waals surface area contributed by atoms with E-state index in [0.29, 0.717) is 10.8 Å². The highest BCUT2D eigenvalue weighted by atomic mass is 35.5. The number of pyridine rings is 2. The van der Waals surface area contributed by atoms with Crippen LogP contribution in [0.2, 0.25) is 5.02 Å². The second kappa shape index (κ2) is 8.27. The molecule has 0 amide bonds. The number of nitrogen functional groups attached to an aromatic ring is 1. The van der Waals surface area contributed by atoms with Crippen molar-refractivity contribution >= 4 is 41.2 Å². The fourth-order valence-electron chi connectivity index (χ4n) is 3.37. The molecule has 1 aliphatic heterocycles. The maximum absolute atomic E-state index is 6.35. The monoisotopic (exact) mass is 418 g/mol. The lowest BCUT2D eigenvalue weighted by atomic mass is 9.91. The van der Waals surface area contributed by atoms with Gasteiger partial charge in [0, 0.05) is 53.4 Å². The first-order valence-electron chi connectivity index (χ1n) is 9.28. The first-order valence-corrected chi connectivity index (χ1v) is 10.5. The first-order chi connectivity index (χ1) is 13.2. The second-order valence-electron chi connectivity index (χ2n) is 7.53. The minimum absolute atomic E-state index is 0.104. The summed E-state index contributed by atoms with van der Waals surface area (Å²) in [5.74, 6) is 1.31. The van der Waals surface area contributed by atoms with Gasteiger partial charge in [0.1, 0.15) is 11.6 Å². The summed E-state index contributed by atoms with van der Waals surface area (Å²) in [5, 5.41) is 0.472. The molecule has 0 spiro atoms. The molecule has 0 aliphatic carbocycles. The highest BCUT2D eigenvalue weighted by molar-refractivity contribution is 7.99. The molecule has 0 aromatic carbocycles. The summed E-state index contributed by atoms with van der Waals surface area (Å²) >= 11 is 7.92. The van der Waals surface area contributed by atoms with Crippen LogP contribution in [0.25, 0.3) is 0 Å². The number of nitrogens with zero attached hydrogens (tertiary/aromatic N) is 4. The van der Waals surface area contributed by atoms with E-state index in [1.165, 1.54) is 0 Å². The normalized spacial score (nSPS) is 16.7. The van der Waals surface area contributed by atoms with Crippen LogP contribution in [0.1, 0.15) is 36.6 Å². The Hall–Kier alpha value is -1.83. The van der Waals surface area contributed by atoms with E-state index in [2.05, 4.69) is 28.7 Å². The van der Waals surface area contributed by atoms with E-state index in [4.69, 9.17) is 28.1 Å². The fourth-order valence-corrected chi connectivity index (χ4v) is 4.59. The van der Waals surface area contributed by atoms with Crippen molar-refractivity contribution in [3.63, 3.8) is 0 Å². The number of aliphatic imine (C=N–C) groups is 1. The maximum atomic E-state index is 6.35. The minimum atomic E-state index is -0.104. The van der Waals surface area contributed by atoms with Crippen LogP contribution in [-0.4, -0.2) is 41.9 Å². The van der Waals surface area contributed by atoms with E-state index in [9.17, 15) is 0 Å². The Balaban J connectivity index is 2.02. The van der Waals surface area contributed by atoms with Gasteiger partial charge in [0.05, 0.1) is 10.7 Å². The molecule has 3 heterocycles. The van der Waals surface area contributed by atoms with E-state index in [0.717, 1.165) is 58.4 Å². The Labute approximate surface area is 175 Å². The third kappa shape index (κ3) is 4.26. The zero-order valence-corrected chi connectivity index (χ0v) is 18.4. The zero-order chi connectivity index (χ0) is 20.5. The molecule has 1 aliphatic rings. The molecule has 150 valence electrons. The molecule has 0 saturated carbocycles. The van der Waals surface area contributed by atoms with Crippen molar-refractivity contribution in [3.8, 4) is 0 Å². The van der Waals surface area contributed by atoms with Gasteiger partial charge >= 0.3 is 0 Å². The second-order valence-corrected chi connectivity index (χ2v) is 8.96. The summed E-state index contributed by atoms with van der Waals surface area (Å²) in [7, 11) is 1.78. The summed E-state index contributed by atoms with van der Waals surface area (Å²) in [4.78, 5) is 17.5. The molecule has 8 heteroatoms. The van der Waals surface area contributed by atoms with Gasteiger partial charge in [0.15, 0.2) is 0 Å². The zero-order valence-electron chi connectivity index (χ0n) is 16.8. The van der Waals surface area contributed by atoms with Gasteiger partial charge in [-0.25, -0.2) is 9.97 Å². The van der Waals surface area contributed by atoms with Crippen LogP contribution >= 0.6 is 23.4 Å². The van der Waals surface area contributed by atoms with E-state index < -0.39 is 0 Å². The SMILES string of the molecule is C/N=C\c1c(N2CCC(C)(N)CC2)nc(C)c(Sc2ccnc(N)c2Cl)c1C. The number of piperidine rings is 1. The molecule has 1 fully saturated rings. The first kappa shape index (κ1) is 20.9. The van der Waals surface area contributed by atoms with Crippen molar-refractivity contribution in [1.29, 1.82) is 0 Å². The number of aryl methyl sites for hydroxylation is 1. The molecule has 1 saturated heterocycles. The topological polar surface area (TPSA) is 93.4 Å². The molecule has 28 heavy (non-hydrogen) atoms. The Morgan fingerprint density at radius 2 is 2.00 bits per heavy atom. The number of hydrogen-bond acceptors (Lipinski definition) is 7. The third-order valence-corrected chi connectivity index (χ3v) is 7.02. The van der Waals surface area contributed by atoms with Crippen LogP contribution in [-0.2, 0) is 0 Å². The Morgan fingerprint density at radius 3 is 2.64 bits per heavy atom. The van der Waals surface area contributed by atoms with Crippen LogP contribution < -0.4 is 16.4 Å². The number of anilines is 2. The molecular weight excluding hydrogens is 392 g/mol. The minimum Gasteiger partial charge on any atom is -0.382 e. The van der Waals surface area contributed by atoms with Crippen molar-refractivity contribution in [2.24, 2.45) is 10.7 Å². The van der Waals surface area contributed by atoms with Gasteiger partial charge < -0.3 is 16.4 Å². The highest BCUT2D eigenvalue weighted by Crippen LogP contribution is 2.40. The van der Waals surface area contributed by atoms with Gasteiger partial charge in [-0.1, -0.05) is 23.4 Å². The third-order valence-electron chi connectivity index (χ3n) is 5.14. The van der Waals surface area contributed by atoms with Gasteiger partial charge in [0.2, 0.25) is 0 Å². The molecule has 0 unspecified atom stereocenters. The largest absolute Gasteiger partial charge is 0.382 e. The number of nitrogens with two attached hydrogens (primary N) is 2. The van der Waals surface area contributed by atoms with Crippen molar-refractivity contribution in [2.45, 2.75) is 48.9 Å². The van der Waals surface area contributed by atoms with Gasteiger partial charge in [-0.3, -0.25) is 4.99 Å². The van der Waals surface area contributed by atoms with Crippen molar-refractivity contribution in [3.05, 3.63) is 34.1 Å². The van der Waals surface area contributed by atoms with Gasteiger partial charge in [-0.2, -0.15) is 0 Å². The number of rotatable bonds is 4. The summed E-state index contributed by atoms with van der Waals surface area (Å²) < 4.78 is 0. The van der Waals surface area contributed by atoms with Gasteiger partial charge in [-0.05, 0) is 45.2 Å². The quantitative estimate of drug-likeness (QED) is 0.732. The molecule has 0 radical (unpaired) electrons. The standard InChI is InChI=1S/C20H27ClN6S/c1-12-14(11-24-4)19(27-9-6-20(3,23)7-10-27)26-13(2)17(12)28-15-5-8-25-18(22)16(15)21/h5,8,11H,6-7,9-10,23H2,1-4H3,(H2,22,25)/b24-11-. The highest BCUT2D eigenvalue weighted by Gasteiger charge is 2.28. The van der Waals surface area contributed by atoms with Crippen LogP contribution in [0.5, 0.6) is 0 Å². The Kier molecular flexibility index (Phi) is 6.17. The molecule has 0 bridgehead atoms. The van der Waals surface area contributed by atoms with E-state index in [1.54, 1.807) is 25.0 Å². The Morgan fingerprint density at radius 1 is 1.32 bits per heavy atom. The van der Waals surface area contributed by atoms with E-state index in [1.807, 2.05) is 19.2 Å². The van der Waals surface area contributed by atoms with Crippen molar-refractivity contribution < 1.29 is 0 Å². The smallest absolute Gasteiger partial charge is 0.143 e. The number of hydrogen-bond donors (Lipinski definition) is 2. The fraction of sp³-hybridized carbons (Fsp3) is 0.450. The average Bonchev–Trinajstić information content (AvgIpc) is 2.64. The number of aromatic nitrogens is 2. The molecule has 6 nitrogen and oxygen atoms in total. The van der Waals surface area contributed by atoms with Crippen molar-refractivity contribution in [2.75, 3.05) is 30.8 Å². The summed E-state index contributed by atoms with van der Waals surface area (Å²) in [6, 6.07) is 1.87. The molecule has 2 aromatic heterocycles. The van der Waals surface area contributed by atoms with Crippen LogP contribution in [0.4, 0.5) is 11.6 Å². The average molecular weight is 419 g/mol. The predicted octanol–water partition coefficient (Wildman–Crippen LogP) is 3.85. The molecule has 4 N–H and O–H groups in total. The molecule has 0 atom stereocenters. The lowest BCUT2D eigenvalue weighted by Gasteiger charge is -2.38. The molecule has 3 rings (SSSR count). The van der Waals surface area contributed by atoms with E-state index in [-0.39, 0.29) is 5.54 Å². The lowest BCUT2D eigenvalue weighted by Crippen LogP contribution is -2.48. The van der Waals surface area contributed by atoms with E-state index >= 15 is 0 Å². The summed E-state index contributed by atoms with van der Waals surface area (Å²) in [6.45, 7) is 8.03. The van der Waals surface area contributed by atoms with Crippen molar-refractivity contribution in [1.82, 2.24) is 9.97 Å². The number of halogens is 1. The summed E-state index contributed by atoms with van der Waals surface area (Å²) in [6.07, 6.45) is 5.44.